The van der Waals surface area contributed by atoms with Gasteiger partial charge in [0.15, 0.2) is 11.4 Å². The summed E-state index contributed by atoms with van der Waals surface area (Å²) in [5.41, 5.74) is 5.86. The maximum absolute atomic E-state index is 13.4. The first-order chi connectivity index (χ1) is 33.8. The maximum Gasteiger partial charge on any atom is 0.251 e. The van der Waals surface area contributed by atoms with Crippen molar-refractivity contribution in [2.24, 2.45) is 9.98 Å². The first-order valence-corrected chi connectivity index (χ1v) is 26.5. The minimum atomic E-state index is -0.829. The highest BCUT2D eigenvalue weighted by Gasteiger charge is 2.61. The van der Waals surface area contributed by atoms with Crippen LogP contribution in [-0.2, 0) is 20.3 Å². The minimum absolute atomic E-state index is 0.00707. The molecule has 4 aromatic rings. The van der Waals surface area contributed by atoms with E-state index in [-0.39, 0.29) is 38.2 Å². The van der Waals surface area contributed by atoms with Crippen LogP contribution in [0.3, 0.4) is 0 Å². The lowest BCUT2D eigenvalue weighted by atomic mass is 9.77. The fourth-order valence-corrected chi connectivity index (χ4v) is 12.1. The van der Waals surface area contributed by atoms with Crippen LogP contribution in [0.25, 0.3) is 0 Å². The second-order valence-corrected chi connectivity index (χ2v) is 21.4. The van der Waals surface area contributed by atoms with Gasteiger partial charge in [-0.05, 0) is 96.1 Å². The molecular formula is C52H66N8O8S2. The summed E-state index contributed by atoms with van der Waals surface area (Å²) in [4.78, 5) is 44.9. The Kier molecular flexibility index (Phi) is 16.1. The van der Waals surface area contributed by atoms with E-state index in [0.29, 0.717) is 88.2 Å². The van der Waals surface area contributed by atoms with Crippen molar-refractivity contribution in [2.75, 3.05) is 123 Å². The number of ether oxygens (including phenoxy) is 2. The molecule has 0 spiro atoms. The number of nitrogens with one attached hydrogen (secondary N) is 2. The van der Waals surface area contributed by atoms with Crippen molar-refractivity contribution < 1.29 is 39.5 Å². The molecule has 70 heavy (non-hydrogen) atoms. The van der Waals surface area contributed by atoms with Gasteiger partial charge in [0.05, 0.1) is 63.4 Å². The average molecular weight is 995 g/mol. The number of amides is 2. The molecule has 0 aliphatic carbocycles. The van der Waals surface area contributed by atoms with Crippen LogP contribution in [0.15, 0.2) is 94.9 Å². The molecule has 4 heterocycles. The quantitative estimate of drug-likeness (QED) is 0.0320. The van der Waals surface area contributed by atoms with Crippen molar-refractivity contribution >= 4 is 80.0 Å². The first-order valence-electron chi connectivity index (χ1n) is 24.0. The summed E-state index contributed by atoms with van der Waals surface area (Å²) >= 11 is 0. The Balaban J connectivity index is 0.796. The Labute approximate surface area is 418 Å². The number of carbonyl (C=O) groups excluding carboxylic acids is 2. The van der Waals surface area contributed by atoms with Gasteiger partial charge in [0.25, 0.3) is 11.8 Å². The van der Waals surface area contributed by atoms with Gasteiger partial charge in [0.2, 0.25) is 0 Å². The molecule has 4 aromatic carbocycles. The number of carbonyl (C=O) groups is 2. The van der Waals surface area contributed by atoms with E-state index in [1.54, 1.807) is 21.6 Å². The Bertz CT molecular complexity index is 2340. The molecule has 374 valence electrons. The van der Waals surface area contributed by atoms with E-state index in [9.17, 15) is 30.0 Å². The second kappa shape index (κ2) is 22.1. The van der Waals surface area contributed by atoms with Crippen molar-refractivity contribution in [3.63, 3.8) is 0 Å². The van der Waals surface area contributed by atoms with Crippen LogP contribution < -0.4 is 30.2 Å². The molecule has 18 heteroatoms. The summed E-state index contributed by atoms with van der Waals surface area (Å²) in [5.74, 6) is 1.12. The number of aliphatic imine (C=N–C) groups is 2. The average Bonchev–Trinajstić information content (AvgIpc) is 4.09. The molecule has 0 radical (unpaired) electrons. The SMILES string of the molecule is CC1(C)c2cc(C(=O)NCCSSCCNC(=O)c3ccc4c(c3)C(C)(C)C3(/C=N/c5ccc(N(CCO)CCO)cc5)OCCN43)ccc2N2CCOC21/C=N/c1ccc(N(CCO)CCO)cc1. The number of hydrogen-bond acceptors (Lipinski definition) is 16. The number of benzene rings is 4. The van der Waals surface area contributed by atoms with Gasteiger partial charge in [0.1, 0.15) is 0 Å². The molecule has 0 bridgehead atoms. The lowest BCUT2D eigenvalue weighted by molar-refractivity contribution is 0.0205. The van der Waals surface area contributed by atoms with Gasteiger partial charge in [0, 0.05) is 109 Å². The number of aliphatic hydroxyl groups excluding tert-OH is 4. The summed E-state index contributed by atoms with van der Waals surface area (Å²) in [7, 11) is 3.30. The molecule has 2 fully saturated rings. The van der Waals surface area contributed by atoms with E-state index < -0.39 is 22.3 Å². The van der Waals surface area contributed by atoms with Crippen LogP contribution in [0.4, 0.5) is 34.1 Å². The Morgan fingerprint density at radius 2 is 0.971 bits per heavy atom. The molecule has 2 atom stereocenters. The van der Waals surface area contributed by atoms with Crippen LogP contribution in [0.1, 0.15) is 59.5 Å². The van der Waals surface area contributed by atoms with Crippen LogP contribution in [-0.4, -0.2) is 160 Å². The highest BCUT2D eigenvalue weighted by Crippen LogP contribution is 2.55. The lowest BCUT2D eigenvalue weighted by Gasteiger charge is -2.38. The van der Waals surface area contributed by atoms with Crippen molar-refractivity contribution in [2.45, 2.75) is 50.0 Å². The number of fused-ring (bicyclic) bond motifs is 6. The molecule has 16 nitrogen and oxygen atoms in total. The molecule has 2 amide bonds. The number of hydrogen-bond donors (Lipinski definition) is 6. The van der Waals surface area contributed by atoms with E-state index in [2.05, 4.69) is 48.1 Å². The first kappa shape index (κ1) is 51.2. The molecule has 8 rings (SSSR count). The third-order valence-corrected chi connectivity index (χ3v) is 16.4. The molecule has 6 N–H and O–H groups in total. The molecule has 0 saturated carbocycles. The van der Waals surface area contributed by atoms with Gasteiger partial charge < -0.3 is 60.1 Å². The van der Waals surface area contributed by atoms with E-state index >= 15 is 0 Å². The number of aliphatic hydroxyl groups is 4. The van der Waals surface area contributed by atoms with Gasteiger partial charge in [-0.3, -0.25) is 19.6 Å². The zero-order valence-electron chi connectivity index (χ0n) is 40.5. The second-order valence-electron chi connectivity index (χ2n) is 18.7. The smallest absolute Gasteiger partial charge is 0.251 e. The van der Waals surface area contributed by atoms with Crippen molar-refractivity contribution in [1.82, 2.24) is 10.6 Å². The molecular weight excluding hydrogens is 929 g/mol. The van der Waals surface area contributed by atoms with Gasteiger partial charge in [-0.2, -0.15) is 0 Å². The van der Waals surface area contributed by atoms with Crippen LogP contribution in [0.5, 0.6) is 0 Å². The molecule has 4 aliphatic rings. The zero-order valence-corrected chi connectivity index (χ0v) is 42.1. The Morgan fingerprint density at radius 3 is 1.33 bits per heavy atom. The maximum atomic E-state index is 13.4. The molecule has 4 aliphatic heterocycles. The number of rotatable bonds is 23. The normalized spacial score (nSPS) is 20.5. The number of nitrogens with zero attached hydrogens (tertiary/aromatic N) is 6. The van der Waals surface area contributed by atoms with Gasteiger partial charge >= 0.3 is 0 Å². The summed E-state index contributed by atoms with van der Waals surface area (Å²) in [6.07, 6.45) is 3.76. The summed E-state index contributed by atoms with van der Waals surface area (Å²) in [6.45, 7) is 13.7. The predicted octanol–water partition coefficient (Wildman–Crippen LogP) is 5.26. The minimum Gasteiger partial charge on any atom is -0.395 e. The fourth-order valence-electron chi connectivity index (χ4n) is 10.2. The van der Waals surface area contributed by atoms with Crippen molar-refractivity contribution in [1.29, 1.82) is 0 Å². The largest absolute Gasteiger partial charge is 0.395 e. The van der Waals surface area contributed by atoms with Gasteiger partial charge in [-0.1, -0.05) is 49.3 Å². The van der Waals surface area contributed by atoms with Gasteiger partial charge in [-0.15, -0.1) is 0 Å². The summed E-state index contributed by atoms with van der Waals surface area (Å²) in [5, 5.41) is 43.9. The summed E-state index contributed by atoms with van der Waals surface area (Å²) < 4.78 is 13.0. The zero-order chi connectivity index (χ0) is 49.5. The van der Waals surface area contributed by atoms with Gasteiger partial charge in [-0.25, -0.2) is 0 Å². The lowest BCUT2D eigenvalue weighted by Crippen LogP contribution is -2.54. The van der Waals surface area contributed by atoms with Crippen molar-refractivity contribution in [3.05, 3.63) is 107 Å². The molecule has 2 saturated heterocycles. The highest BCUT2D eigenvalue weighted by atomic mass is 33.1. The van der Waals surface area contributed by atoms with E-state index in [0.717, 1.165) is 45.3 Å². The van der Waals surface area contributed by atoms with E-state index in [1.807, 2.05) is 107 Å². The highest BCUT2D eigenvalue weighted by molar-refractivity contribution is 8.76. The Hall–Kier alpha value is -5.18. The van der Waals surface area contributed by atoms with Crippen molar-refractivity contribution in [3.8, 4) is 0 Å². The molecule has 0 aromatic heterocycles. The topological polar surface area (TPSA) is 195 Å². The third kappa shape index (κ3) is 9.89. The van der Waals surface area contributed by atoms with Crippen LogP contribution in [0.2, 0.25) is 0 Å². The monoisotopic (exact) mass is 994 g/mol. The number of anilines is 4. The standard InChI is InChI=1S/C52H66N8O8S2/c1-49(2)43-33-37(5-15-45(43)59-23-29-67-51(49,59)35-55-39-7-11-41(12-8-39)57(19-25-61)20-26-62)47(65)53-17-31-69-70-32-18-54-48(66)38-6-16-46-44(34-38)50(3,4)52(60(46)24-30-68-52)36-56-40-9-13-42(14-10-40)58(21-27-63)22-28-64/h5-16,33-36,61-64H,17-32H2,1-4H3,(H,53,65)(H,54,66)/b55-35+,56-36+. The fraction of sp³-hybridized carbons (Fsp3) is 0.462. The van der Waals surface area contributed by atoms with E-state index in [1.165, 1.54) is 0 Å². The molecule has 2 unspecified atom stereocenters. The van der Waals surface area contributed by atoms with E-state index in [4.69, 9.17) is 19.5 Å². The summed E-state index contributed by atoms with van der Waals surface area (Å²) in [6, 6.07) is 27.1. The van der Waals surface area contributed by atoms with Crippen LogP contribution >= 0.6 is 21.6 Å². The Morgan fingerprint density at radius 1 is 0.600 bits per heavy atom. The predicted molar refractivity (Wildman–Crippen MR) is 283 cm³/mol. The third-order valence-electron chi connectivity index (χ3n) is 14.0. The van der Waals surface area contributed by atoms with Crippen LogP contribution in [0, 0.1) is 0 Å².